The average Bonchev–Trinajstić information content (AvgIpc) is 1.58. The summed E-state index contributed by atoms with van der Waals surface area (Å²) in [6.45, 7) is 41.7. The maximum atomic E-state index is 14.4. The molecular weight excluding hydrogens is 1680 g/mol. The molecule has 3 N–H and O–H groups in total. The number of hydrogen-bond acceptors (Lipinski definition) is 7. The molecule has 14 fully saturated rings. The molecule has 14 aliphatic carbocycles. The quantitative estimate of drug-likeness (QED) is 0.0355. The van der Waals surface area contributed by atoms with Gasteiger partial charge in [0.1, 0.15) is 29.9 Å². The Morgan fingerprint density at radius 3 is 1.01 bits per heavy atom. The number of halogens is 5. The smallest absolute Gasteiger partial charge is 0.127 e. The molecule has 7 aromatic rings. The highest BCUT2D eigenvalue weighted by Crippen LogP contribution is 2.65. The number of nitrogens with zero attached hydrogens (tertiary/aromatic N) is 4. The summed E-state index contributed by atoms with van der Waals surface area (Å²) in [5.74, 6) is 13.7. The minimum absolute atomic E-state index is 0. The van der Waals surface area contributed by atoms with Crippen LogP contribution in [0.2, 0.25) is 0 Å². The number of benzene rings is 7. The molecule has 0 aliphatic heterocycles. The molecule has 12 heteroatoms. The largest absolute Gasteiger partial charge is 0.316 e. The van der Waals surface area contributed by atoms with E-state index in [0.29, 0.717) is 77.3 Å². The lowest BCUT2D eigenvalue weighted by molar-refractivity contribution is -0.0706. The fourth-order valence-electron chi connectivity index (χ4n) is 27.4. The van der Waals surface area contributed by atoms with Crippen LogP contribution in [0.3, 0.4) is 0 Å². The van der Waals surface area contributed by atoms with Crippen LogP contribution in [0.5, 0.6) is 0 Å². The molecule has 7 nitrogen and oxygen atoms in total. The Kier molecular flexibility index (Phi) is 42.8. The van der Waals surface area contributed by atoms with Gasteiger partial charge in [0.25, 0.3) is 0 Å². The van der Waals surface area contributed by atoms with Crippen LogP contribution in [-0.4, -0.2) is 101 Å². The second-order valence-corrected chi connectivity index (χ2v) is 48.3. The van der Waals surface area contributed by atoms with Gasteiger partial charge in [-0.3, -0.25) is 4.90 Å². The van der Waals surface area contributed by atoms with Gasteiger partial charge in [-0.05, 0) is 379 Å². The first-order valence-corrected chi connectivity index (χ1v) is 54.3. The van der Waals surface area contributed by atoms with Crippen LogP contribution in [0, 0.1) is 105 Å². The average molecular weight is 1870 g/mol. The zero-order valence-electron chi connectivity index (χ0n) is 87.9. The Labute approximate surface area is 826 Å². The van der Waals surface area contributed by atoms with Crippen molar-refractivity contribution in [1.29, 1.82) is 0 Å². The van der Waals surface area contributed by atoms with E-state index in [4.69, 9.17) is 0 Å². The van der Waals surface area contributed by atoms with E-state index in [-0.39, 0.29) is 37.4 Å². The number of rotatable bonds is 33. The van der Waals surface area contributed by atoms with Crippen LogP contribution >= 0.6 is 0 Å². The number of alkyl halides is 1. The molecule has 0 spiro atoms. The minimum atomic E-state index is -0.226. The monoisotopic (exact) mass is 1870 g/mol. The Morgan fingerprint density at radius 1 is 0.331 bits per heavy atom. The van der Waals surface area contributed by atoms with Crippen molar-refractivity contribution in [2.24, 2.45) is 81.3 Å². The SMILES string of the molecule is C.CC(C)c1ccc(CN(C)C)cc1.CC(C)c1ccc(CN(C)CC23CC4CC(CC(C4)C2)C3)c(F)c1.CC(C)c1ccc(CN(C)CC2CCCCC2)c(F)c1.CC(C)c1ccc(CN(CCF)CC23CC4CC(CC(C4)C2)C3)cc1.CC(C)c1ccc(CNCC23CC4CC(C2)C(C4)C3)c(F)c1.CC(C)c1ccc(CNCC2CCCCC2)c(F)c1.CNCc1ccc(C(C)C)cc1. The van der Waals surface area contributed by atoms with Crippen molar-refractivity contribution in [3.05, 3.63) is 247 Å². The fraction of sp³-hybridized carbons (Fsp3) is 0.661. The lowest BCUT2D eigenvalue weighted by atomic mass is 9.49. The fourth-order valence-corrected chi connectivity index (χ4v) is 27.4. The van der Waals surface area contributed by atoms with E-state index in [1.165, 1.54) is 207 Å². The molecule has 754 valence electrons. The van der Waals surface area contributed by atoms with Crippen molar-refractivity contribution in [2.75, 3.05) is 81.2 Å². The van der Waals surface area contributed by atoms with Crippen LogP contribution in [0.1, 0.15) is 397 Å². The Morgan fingerprint density at radius 2 is 0.654 bits per heavy atom. The first-order valence-electron chi connectivity index (χ1n) is 54.3. The van der Waals surface area contributed by atoms with Crippen LogP contribution in [0.4, 0.5) is 22.0 Å². The third-order valence-corrected chi connectivity index (χ3v) is 33.6. The zero-order chi connectivity index (χ0) is 96.7. The van der Waals surface area contributed by atoms with Gasteiger partial charge < -0.3 is 30.7 Å². The van der Waals surface area contributed by atoms with Gasteiger partial charge in [0.2, 0.25) is 0 Å². The molecule has 12 bridgehead atoms. The standard InChI is InChI=1S/C23H34FN.C22H32FN.C20H28FN.C18H28FN.C17H26FN.C12H19N.C11H17N.CH4/c1-17(2)22-5-3-18(4-6-22)15-25(8-7-24)16-23-12-19-9-20(13-23)11-21(10-19)14-23;1-15(2)19-4-5-20(21(23)9-19)13-24(3)14-22-10-16-6-17(11-22)8-18(7-16)12-22;1-13(2)15-3-4-16(19(21)7-15)11-22-12-20-8-14-5-17(9-20)18(6-14)10-20;1-14(2)16-9-10-17(18(19)11-16)13-20(3)12-15-7-5-4-6-8-15;1-13(2)15-8-9-16(17(18)10-15)12-19-11-14-6-4-3-5-7-14;1-10(2)12-7-5-11(6-8-12)9-13(3)4;1-9(2)11-6-4-10(5-7-11)8-12-3;/h3-6,17,19-21H,7-16H2,1-2H3;4-5,9,15-18H,6-8,10-14H2,1-3H3;3-4,7,13-14,17-18,22H,5-6,8-12H2,1-2H3;9-11,14-15H,4-8,12-13H2,1-3H3;8-10,13-14,19H,3-7,11-12H2,1-2H3;5-8,10H,9H2,1-4H3;4-7,9,12H,8H2,1-3H3;1H4. The highest BCUT2D eigenvalue weighted by Gasteiger charge is 2.56. The summed E-state index contributed by atoms with van der Waals surface area (Å²) in [4.78, 5) is 9.27. The molecule has 21 rings (SSSR count). The lowest BCUT2D eigenvalue weighted by Crippen LogP contribution is -2.51. The third-order valence-electron chi connectivity index (χ3n) is 33.6. The van der Waals surface area contributed by atoms with Crippen molar-refractivity contribution >= 4 is 0 Å². The first-order chi connectivity index (χ1) is 64.6. The van der Waals surface area contributed by atoms with E-state index in [1.807, 2.05) is 37.4 Å². The van der Waals surface area contributed by atoms with Crippen LogP contribution in [-0.2, 0) is 45.8 Å². The first kappa shape index (κ1) is 110. The normalized spacial score (nSPS) is 24.9. The van der Waals surface area contributed by atoms with E-state index < -0.39 is 0 Å². The predicted octanol–water partition coefficient (Wildman–Crippen LogP) is 31.9. The van der Waals surface area contributed by atoms with E-state index >= 15 is 0 Å². The molecule has 136 heavy (non-hydrogen) atoms. The molecule has 0 aromatic heterocycles. The molecule has 7 aromatic carbocycles. The minimum Gasteiger partial charge on any atom is -0.316 e. The molecule has 14 saturated carbocycles. The highest BCUT2D eigenvalue weighted by atomic mass is 19.1. The summed E-state index contributed by atoms with van der Waals surface area (Å²) in [6, 6.07) is 49.6. The highest BCUT2D eigenvalue weighted by molar-refractivity contribution is 5.32. The predicted molar refractivity (Wildman–Crippen MR) is 568 cm³/mol. The van der Waals surface area contributed by atoms with Crippen molar-refractivity contribution in [3.8, 4) is 0 Å². The molecule has 0 heterocycles. The van der Waals surface area contributed by atoms with Gasteiger partial charge in [0.15, 0.2) is 0 Å². The Balaban J connectivity index is 0.000000154. The van der Waals surface area contributed by atoms with Gasteiger partial charge in [0.05, 0.1) is 0 Å². The van der Waals surface area contributed by atoms with E-state index in [9.17, 15) is 22.0 Å². The van der Waals surface area contributed by atoms with Crippen molar-refractivity contribution < 1.29 is 22.0 Å². The molecular formula is C124H188F5N7. The molecule has 0 radical (unpaired) electrons. The summed E-state index contributed by atoms with van der Waals surface area (Å²) in [5.41, 5.74) is 17.5. The molecule has 0 amide bonds. The van der Waals surface area contributed by atoms with Crippen LogP contribution in [0.15, 0.2) is 146 Å². The molecule has 0 saturated heterocycles. The summed E-state index contributed by atoms with van der Waals surface area (Å²) >= 11 is 0. The topological polar surface area (TPSA) is 49.1 Å². The summed E-state index contributed by atoms with van der Waals surface area (Å²) in [5, 5.41) is 10.1. The lowest BCUT2D eigenvalue weighted by Gasteiger charge is -2.58. The maximum Gasteiger partial charge on any atom is 0.127 e. The van der Waals surface area contributed by atoms with E-state index in [2.05, 4.69) is 252 Å². The van der Waals surface area contributed by atoms with Crippen LogP contribution in [0.25, 0.3) is 0 Å². The number of hydrogen-bond donors (Lipinski definition) is 3. The summed E-state index contributed by atoms with van der Waals surface area (Å²) in [7, 11) is 10.5. The summed E-state index contributed by atoms with van der Waals surface area (Å²) < 4.78 is 69.9. The zero-order valence-corrected chi connectivity index (χ0v) is 87.9. The molecule has 2 unspecified atom stereocenters. The van der Waals surface area contributed by atoms with E-state index in [0.717, 1.165) is 175 Å². The number of nitrogens with one attached hydrogen (secondary N) is 3. The van der Waals surface area contributed by atoms with Gasteiger partial charge in [-0.1, -0.05) is 264 Å². The Hall–Kier alpha value is -6.09. The summed E-state index contributed by atoms with van der Waals surface area (Å²) in [6.07, 6.45) is 38.3. The van der Waals surface area contributed by atoms with Crippen molar-refractivity contribution in [3.63, 3.8) is 0 Å². The Bertz CT molecular complexity index is 4560. The van der Waals surface area contributed by atoms with E-state index in [1.54, 1.807) is 24.3 Å². The van der Waals surface area contributed by atoms with Crippen LogP contribution < -0.4 is 16.0 Å². The van der Waals surface area contributed by atoms with Crippen molar-refractivity contribution in [1.82, 2.24) is 35.6 Å². The van der Waals surface area contributed by atoms with Gasteiger partial charge in [-0.2, -0.15) is 0 Å². The second kappa shape index (κ2) is 52.8. The third kappa shape index (κ3) is 33.0. The van der Waals surface area contributed by atoms with Gasteiger partial charge >= 0.3 is 0 Å². The second-order valence-electron chi connectivity index (χ2n) is 48.3. The molecule has 2 atom stereocenters. The maximum absolute atomic E-state index is 14.4. The van der Waals surface area contributed by atoms with Gasteiger partial charge in [-0.25, -0.2) is 22.0 Å². The van der Waals surface area contributed by atoms with Crippen molar-refractivity contribution in [2.45, 2.75) is 365 Å². The van der Waals surface area contributed by atoms with Gasteiger partial charge in [-0.15, -0.1) is 0 Å². The molecule has 14 aliphatic rings. The van der Waals surface area contributed by atoms with Gasteiger partial charge in [0, 0.05) is 101 Å².